The van der Waals surface area contributed by atoms with Gasteiger partial charge in [-0.25, -0.2) is 4.79 Å². The summed E-state index contributed by atoms with van der Waals surface area (Å²) in [5, 5.41) is 0.461. The Morgan fingerprint density at radius 2 is 2.27 bits per heavy atom. The van der Waals surface area contributed by atoms with Crippen molar-refractivity contribution in [1.29, 1.82) is 0 Å². The van der Waals surface area contributed by atoms with E-state index < -0.39 is 17.8 Å². The third-order valence-corrected chi connectivity index (χ3v) is 1.10. The second-order valence-corrected chi connectivity index (χ2v) is 2.02. The minimum atomic E-state index is -0.679. The fourth-order valence-electron chi connectivity index (χ4n) is 0.688. The molecule has 0 aromatic heterocycles. The lowest BCUT2D eigenvalue weighted by molar-refractivity contribution is -0.195. The molecular weight excluding hydrogens is 150 g/mol. The SMILES string of the molecule is CC(=O)ON1C(=O)[CH]CC1=O. The molecule has 59 valence electrons. The molecule has 0 aliphatic carbocycles. The van der Waals surface area contributed by atoms with Crippen LogP contribution >= 0.6 is 0 Å². The summed E-state index contributed by atoms with van der Waals surface area (Å²) in [5.41, 5.74) is 0. The summed E-state index contributed by atoms with van der Waals surface area (Å²) in [7, 11) is 0. The molecule has 1 fully saturated rings. The molecule has 0 aromatic rings. The first kappa shape index (κ1) is 7.71. The van der Waals surface area contributed by atoms with Crippen molar-refractivity contribution >= 4 is 17.8 Å². The monoisotopic (exact) mass is 156 g/mol. The van der Waals surface area contributed by atoms with Crippen LogP contribution < -0.4 is 0 Å². The van der Waals surface area contributed by atoms with Gasteiger partial charge in [-0.05, 0) is 0 Å². The van der Waals surface area contributed by atoms with Crippen molar-refractivity contribution < 1.29 is 19.2 Å². The maximum Gasteiger partial charge on any atom is 0.330 e. The van der Waals surface area contributed by atoms with Crippen LogP contribution in [-0.4, -0.2) is 22.8 Å². The second-order valence-electron chi connectivity index (χ2n) is 2.02. The van der Waals surface area contributed by atoms with E-state index in [-0.39, 0.29) is 6.42 Å². The van der Waals surface area contributed by atoms with Gasteiger partial charge in [0.2, 0.25) is 0 Å². The van der Waals surface area contributed by atoms with Crippen LogP contribution in [0.3, 0.4) is 0 Å². The third kappa shape index (κ3) is 1.54. The summed E-state index contributed by atoms with van der Waals surface area (Å²) in [6, 6.07) is 0. The van der Waals surface area contributed by atoms with Crippen molar-refractivity contribution in [2.24, 2.45) is 0 Å². The number of carbonyl (C=O) groups is 3. The Balaban J connectivity index is 2.62. The van der Waals surface area contributed by atoms with E-state index in [1.165, 1.54) is 0 Å². The van der Waals surface area contributed by atoms with Gasteiger partial charge in [-0.3, -0.25) is 9.59 Å². The van der Waals surface area contributed by atoms with Gasteiger partial charge in [0.05, 0.1) is 6.42 Å². The van der Waals surface area contributed by atoms with E-state index in [1.807, 2.05) is 0 Å². The normalized spacial score (nSPS) is 17.4. The summed E-state index contributed by atoms with van der Waals surface area (Å²) in [4.78, 5) is 36.0. The topological polar surface area (TPSA) is 63.7 Å². The molecule has 0 spiro atoms. The largest absolute Gasteiger partial charge is 0.331 e. The quantitative estimate of drug-likeness (QED) is 0.477. The van der Waals surface area contributed by atoms with Crippen molar-refractivity contribution in [2.45, 2.75) is 13.3 Å². The van der Waals surface area contributed by atoms with Crippen LogP contribution in [0, 0.1) is 6.42 Å². The predicted molar refractivity (Wildman–Crippen MR) is 32.5 cm³/mol. The molecule has 5 heteroatoms. The highest BCUT2D eigenvalue weighted by Gasteiger charge is 2.32. The number of hydrogen-bond donors (Lipinski definition) is 0. The van der Waals surface area contributed by atoms with Crippen LogP contribution in [0.5, 0.6) is 0 Å². The average molecular weight is 156 g/mol. The standard InChI is InChI=1S/C6H6NO4/c1-4(8)11-7-5(9)2-3-6(7)10/h2H,3H2,1H3. The average Bonchev–Trinajstić information content (AvgIpc) is 2.18. The van der Waals surface area contributed by atoms with E-state index in [2.05, 4.69) is 4.84 Å². The zero-order valence-corrected chi connectivity index (χ0v) is 5.86. The minimum absolute atomic E-state index is 0.00606. The van der Waals surface area contributed by atoms with E-state index in [9.17, 15) is 14.4 Å². The number of imide groups is 1. The van der Waals surface area contributed by atoms with E-state index in [0.29, 0.717) is 5.06 Å². The smallest absolute Gasteiger partial charge is 0.330 e. The molecular formula is C6H6NO4. The lowest BCUT2D eigenvalue weighted by atomic mass is 10.4. The Morgan fingerprint density at radius 3 is 2.64 bits per heavy atom. The molecule has 1 rings (SSSR count). The molecule has 1 aliphatic heterocycles. The van der Waals surface area contributed by atoms with Crippen molar-refractivity contribution in [3.8, 4) is 0 Å². The van der Waals surface area contributed by atoms with Crippen molar-refractivity contribution in [3.63, 3.8) is 0 Å². The first-order valence-corrected chi connectivity index (χ1v) is 3.00. The molecule has 0 atom stereocenters. The van der Waals surface area contributed by atoms with Crippen LogP contribution in [-0.2, 0) is 19.2 Å². The molecule has 5 nitrogen and oxygen atoms in total. The Bertz CT molecular complexity index is 207. The predicted octanol–water partition coefficient (Wildman–Crippen LogP) is -0.572. The van der Waals surface area contributed by atoms with Gasteiger partial charge in [-0.15, -0.1) is 5.06 Å². The van der Waals surface area contributed by atoms with Gasteiger partial charge in [0.1, 0.15) is 0 Å². The molecule has 1 saturated heterocycles. The molecule has 2 amide bonds. The molecule has 0 N–H and O–H groups in total. The first-order chi connectivity index (χ1) is 5.11. The van der Waals surface area contributed by atoms with E-state index in [4.69, 9.17) is 0 Å². The number of nitrogens with zero attached hydrogens (tertiary/aromatic N) is 1. The summed E-state index contributed by atoms with van der Waals surface area (Å²) < 4.78 is 0. The van der Waals surface area contributed by atoms with Crippen molar-refractivity contribution in [1.82, 2.24) is 5.06 Å². The molecule has 1 heterocycles. The second kappa shape index (κ2) is 2.69. The van der Waals surface area contributed by atoms with E-state index >= 15 is 0 Å². The highest BCUT2D eigenvalue weighted by molar-refractivity contribution is 6.07. The molecule has 1 radical (unpaired) electrons. The Hall–Kier alpha value is -1.39. The number of amides is 2. The lowest BCUT2D eigenvalue weighted by Gasteiger charge is -2.09. The summed E-state index contributed by atoms with van der Waals surface area (Å²) >= 11 is 0. The van der Waals surface area contributed by atoms with Crippen molar-refractivity contribution in [2.75, 3.05) is 0 Å². The molecule has 0 aromatic carbocycles. The molecule has 0 bridgehead atoms. The van der Waals surface area contributed by atoms with Crippen LogP contribution in [0.25, 0.3) is 0 Å². The van der Waals surface area contributed by atoms with Crippen LogP contribution in [0.1, 0.15) is 13.3 Å². The summed E-state index contributed by atoms with van der Waals surface area (Å²) in [5.74, 6) is -1.77. The molecule has 11 heavy (non-hydrogen) atoms. The Labute approximate surface area is 62.9 Å². The summed E-state index contributed by atoms with van der Waals surface area (Å²) in [6.07, 6.45) is 1.16. The number of carbonyl (C=O) groups excluding carboxylic acids is 3. The first-order valence-electron chi connectivity index (χ1n) is 3.00. The fourth-order valence-corrected chi connectivity index (χ4v) is 0.688. The molecule has 0 unspecified atom stereocenters. The van der Waals surface area contributed by atoms with E-state index in [0.717, 1.165) is 13.3 Å². The van der Waals surface area contributed by atoms with Gasteiger partial charge in [0.15, 0.2) is 0 Å². The number of hydrogen-bond acceptors (Lipinski definition) is 4. The highest BCUT2D eigenvalue weighted by Crippen LogP contribution is 2.10. The lowest BCUT2D eigenvalue weighted by Crippen LogP contribution is -2.31. The maximum atomic E-state index is 10.7. The van der Waals surface area contributed by atoms with Crippen molar-refractivity contribution in [3.05, 3.63) is 6.42 Å². The van der Waals surface area contributed by atoms with Gasteiger partial charge in [-0.1, -0.05) is 0 Å². The van der Waals surface area contributed by atoms with Crippen LogP contribution in [0.15, 0.2) is 0 Å². The molecule has 1 aliphatic rings. The summed E-state index contributed by atoms with van der Waals surface area (Å²) in [6.45, 7) is 1.12. The van der Waals surface area contributed by atoms with Crippen LogP contribution in [0.2, 0.25) is 0 Å². The number of rotatable bonds is 1. The zero-order valence-electron chi connectivity index (χ0n) is 5.86. The Kier molecular flexibility index (Phi) is 1.89. The highest BCUT2D eigenvalue weighted by atomic mass is 16.7. The van der Waals surface area contributed by atoms with Gasteiger partial charge in [0.25, 0.3) is 11.8 Å². The van der Waals surface area contributed by atoms with Gasteiger partial charge < -0.3 is 4.84 Å². The van der Waals surface area contributed by atoms with Gasteiger partial charge in [-0.2, -0.15) is 0 Å². The minimum Gasteiger partial charge on any atom is -0.331 e. The van der Waals surface area contributed by atoms with Gasteiger partial charge in [0, 0.05) is 13.3 Å². The number of hydroxylamine groups is 2. The third-order valence-electron chi connectivity index (χ3n) is 1.10. The van der Waals surface area contributed by atoms with Crippen LogP contribution in [0.4, 0.5) is 0 Å². The van der Waals surface area contributed by atoms with Gasteiger partial charge >= 0.3 is 5.97 Å². The maximum absolute atomic E-state index is 10.7. The van der Waals surface area contributed by atoms with E-state index in [1.54, 1.807) is 0 Å². The fraction of sp³-hybridized carbons (Fsp3) is 0.333. The molecule has 0 saturated carbocycles. The zero-order chi connectivity index (χ0) is 8.43. The Morgan fingerprint density at radius 1 is 1.64 bits per heavy atom.